The second-order valence-electron chi connectivity index (χ2n) is 11.4. The summed E-state index contributed by atoms with van der Waals surface area (Å²) in [4.78, 5) is 25.6. The van der Waals surface area contributed by atoms with Gasteiger partial charge in [0.25, 0.3) is 0 Å². The number of carbonyl (C=O) groups is 2. The summed E-state index contributed by atoms with van der Waals surface area (Å²) in [7, 11) is 0. The zero-order chi connectivity index (χ0) is 24.6. The zero-order valence-electron chi connectivity index (χ0n) is 20.6. The number of carbonyl (C=O) groups excluding carboxylic acids is 2. The second kappa shape index (κ2) is 9.27. The van der Waals surface area contributed by atoms with E-state index in [0.717, 1.165) is 48.8 Å². The van der Waals surface area contributed by atoms with Crippen LogP contribution in [0.2, 0.25) is 0 Å². The second-order valence-corrected chi connectivity index (χ2v) is 11.4. The normalized spacial score (nSPS) is 29.3. The van der Waals surface area contributed by atoms with Crippen molar-refractivity contribution in [3.05, 3.63) is 77.4 Å². The molecule has 4 bridgehead atoms. The molecule has 0 spiro atoms. The Labute approximate surface area is 207 Å². The van der Waals surface area contributed by atoms with E-state index in [1.54, 1.807) is 6.08 Å². The standard InChI is InChI=1S/C30H35NO4/c1-29(2,28(33)31-27-23-13-22-14-24(27)18-30(34,16-22)17-23)25-10-6-9-20(15-25)11-12-26(32)35-19-21-7-4-3-5-8-21/h3-12,15,22-24,27,34H,13-14,16-19H2,1-2H3,(H,31,33)/b12-11+/t22?,23-,24+,27?,30?. The molecule has 2 aromatic rings. The summed E-state index contributed by atoms with van der Waals surface area (Å²) < 4.78 is 5.32. The fraction of sp³-hybridized carbons (Fsp3) is 0.467. The van der Waals surface area contributed by atoms with Crippen molar-refractivity contribution >= 4 is 18.0 Å². The topological polar surface area (TPSA) is 75.6 Å². The Morgan fingerprint density at radius 1 is 1.06 bits per heavy atom. The number of ether oxygens (including phenoxy) is 1. The van der Waals surface area contributed by atoms with Gasteiger partial charge in [-0.25, -0.2) is 4.79 Å². The SMILES string of the molecule is CC(C)(C(=O)NC1[C@@H]2CC3C[C@H]1CC(O)(C3)C2)c1cccc(/C=C/C(=O)OCc2ccccc2)c1. The van der Waals surface area contributed by atoms with Crippen LogP contribution < -0.4 is 5.32 Å². The summed E-state index contributed by atoms with van der Waals surface area (Å²) in [5.74, 6) is 0.982. The fourth-order valence-electron chi connectivity index (χ4n) is 6.65. The van der Waals surface area contributed by atoms with Crippen molar-refractivity contribution in [2.45, 2.75) is 69.6 Å². The van der Waals surface area contributed by atoms with Crippen LogP contribution in [0.1, 0.15) is 62.6 Å². The number of rotatable bonds is 7. The zero-order valence-corrected chi connectivity index (χ0v) is 20.6. The molecule has 184 valence electrons. The highest BCUT2D eigenvalue weighted by atomic mass is 16.5. The maximum absolute atomic E-state index is 13.5. The van der Waals surface area contributed by atoms with Crippen LogP contribution >= 0.6 is 0 Å². The lowest BCUT2D eigenvalue weighted by atomic mass is 9.52. The van der Waals surface area contributed by atoms with Crippen molar-refractivity contribution in [3.63, 3.8) is 0 Å². The molecule has 4 aliphatic rings. The summed E-state index contributed by atoms with van der Waals surface area (Å²) in [6, 6.07) is 17.5. The van der Waals surface area contributed by atoms with Crippen LogP contribution in [0.3, 0.4) is 0 Å². The van der Waals surface area contributed by atoms with Crippen LogP contribution in [-0.4, -0.2) is 28.6 Å². The molecule has 4 fully saturated rings. The Morgan fingerprint density at radius 2 is 1.77 bits per heavy atom. The average molecular weight is 474 g/mol. The number of esters is 1. The summed E-state index contributed by atoms with van der Waals surface area (Å²) in [6.45, 7) is 4.13. The Kier molecular flexibility index (Phi) is 6.30. The van der Waals surface area contributed by atoms with Crippen molar-refractivity contribution in [2.75, 3.05) is 0 Å². The van der Waals surface area contributed by atoms with Crippen molar-refractivity contribution in [2.24, 2.45) is 17.8 Å². The molecule has 0 aliphatic heterocycles. The van der Waals surface area contributed by atoms with E-state index in [4.69, 9.17) is 4.74 Å². The molecule has 6 rings (SSSR count). The highest BCUT2D eigenvalue weighted by Crippen LogP contribution is 2.55. The van der Waals surface area contributed by atoms with Crippen LogP contribution in [-0.2, 0) is 26.3 Å². The number of hydrogen-bond donors (Lipinski definition) is 2. The monoisotopic (exact) mass is 473 g/mol. The van der Waals surface area contributed by atoms with E-state index in [9.17, 15) is 14.7 Å². The molecule has 2 N–H and O–H groups in total. The van der Waals surface area contributed by atoms with Gasteiger partial charge in [-0.05, 0) is 86.5 Å². The van der Waals surface area contributed by atoms with Gasteiger partial charge in [-0.15, -0.1) is 0 Å². The first-order valence-electron chi connectivity index (χ1n) is 12.7. The molecule has 0 radical (unpaired) electrons. The lowest BCUT2D eigenvalue weighted by molar-refractivity contribution is -0.148. The van der Waals surface area contributed by atoms with Gasteiger partial charge in [0.1, 0.15) is 6.61 Å². The Hall–Kier alpha value is -2.92. The average Bonchev–Trinajstić information content (AvgIpc) is 2.83. The van der Waals surface area contributed by atoms with Crippen molar-refractivity contribution in [1.29, 1.82) is 0 Å². The molecule has 5 atom stereocenters. The lowest BCUT2D eigenvalue weighted by Crippen LogP contribution is -2.62. The summed E-state index contributed by atoms with van der Waals surface area (Å²) in [5.41, 5.74) is 1.46. The maximum atomic E-state index is 13.5. The van der Waals surface area contributed by atoms with E-state index in [1.807, 2.05) is 68.4 Å². The Morgan fingerprint density at radius 3 is 2.46 bits per heavy atom. The molecule has 4 saturated carbocycles. The quantitative estimate of drug-likeness (QED) is 0.448. The predicted octanol–water partition coefficient (Wildman–Crippen LogP) is 4.78. The minimum atomic E-state index is -0.719. The van der Waals surface area contributed by atoms with E-state index < -0.39 is 17.0 Å². The van der Waals surface area contributed by atoms with E-state index in [2.05, 4.69) is 5.32 Å². The molecule has 35 heavy (non-hydrogen) atoms. The lowest BCUT2D eigenvalue weighted by Gasteiger charge is -2.58. The molecule has 4 aliphatic carbocycles. The number of amides is 1. The number of aliphatic hydroxyl groups is 1. The summed E-state index contributed by atoms with van der Waals surface area (Å²) >= 11 is 0. The van der Waals surface area contributed by atoms with Gasteiger partial charge in [-0.1, -0.05) is 54.6 Å². The fourth-order valence-corrected chi connectivity index (χ4v) is 6.65. The van der Waals surface area contributed by atoms with Gasteiger partial charge in [-0.3, -0.25) is 4.79 Å². The van der Waals surface area contributed by atoms with Gasteiger partial charge in [0, 0.05) is 12.1 Å². The first-order chi connectivity index (χ1) is 16.7. The van der Waals surface area contributed by atoms with Gasteiger partial charge < -0.3 is 15.2 Å². The molecule has 0 saturated heterocycles. The van der Waals surface area contributed by atoms with Crippen molar-refractivity contribution in [1.82, 2.24) is 5.32 Å². The van der Waals surface area contributed by atoms with Crippen LogP contribution in [0.15, 0.2) is 60.7 Å². The van der Waals surface area contributed by atoms with Gasteiger partial charge >= 0.3 is 5.97 Å². The third kappa shape index (κ3) is 5.06. The first kappa shape index (κ1) is 23.8. The summed E-state index contributed by atoms with van der Waals surface area (Å²) in [6.07, 6.45) is 7.94. The highest BCUT2D eigenvalue weighted by molar-refractivity contribution is 5.89. The molecule has 2 aromatic carbocycles. The minimum absolute atomic E-state index is 0.0189. The molecular formula is C30H35NO4. The van der Waals surface area contributed by atoms with Gasteiger partial charge in [0.05, 0.1) is 11.0 Å². The van der Waals surface area contributed by atoms with Crippen molar-refractivity contribution < 1.29 is 19.4 Å². The van der Waals surface area contributed by atoms with E-state index in [0.29, 0.717) is 17.8 Å². The van der Waals surface area contributed by atoms with E-state index >= 15 is 0 Å². The van der Waals surface area contributed by atoms with Crippen LogP contribution in [0.25, 0.3) is 6.08 Å². The Balaban J connectivity index is 1.22. The maximum Gasteiger partial charge on any atom is 0.331 e. The molecule has 5 heteroatoms. The number of benzene rings is 2. The van der Waals surface area contributed by atoms with Crippen LogP contribution in [0, 0.1) is 17.8 Å². The molecule has 1 amide bonds. The number of nitrogens with one attached hydrogen (secondary N) is 1. The predicted molar refractivity (Wildman–Crippen MR) is 135 cm³/mol. The van der Waals surface area contributed by atoms with E-state index in [1.165, 1.54) is 6.08 Å². The van der Waals surface area contributed by atoms with Gasteiger partial charge in [0.15, 0.2) is 0 Å². The molecule has 0 aromatic heterocycles. The highest BCUT2D eigenvalue weighted by Gasteiger charge is 2.55. The molecule has 5 nitrogen and oxygen atoms in total. The van der Waals surface area contributed by atoms with E-state index in [-0.39, 0.29) is 18.6 Å². The largest absolute Gasteiger partial charge is 0.458 e. The molecular weight excluding hydrogens is 438 g/mol. The van der Waals surface area contributed by atoms with Crippen LogP contribution in [0.4, 0.5) is 0 Å². The first-order valence-corrected chi connectivity index (χ1v) is 12.7. The number of hydrogen-bond acceptors (Lipinski definition) is 4. The third-order valence-electron chi connectivity index (χ3n) is 8.35. The van der Waals surface area contributed by atoms with Crippen LogP contribution in [0.5, 0.6) is 0 Å². The smallest absolute Gasteiger partial charge is 0.331 e. The molecule has 3 unspecified atom stereocenters. The molecule has 0 heterocycles. The van der Waals surface area contributed by atoms with Gasteiger partial charge in [-0.2, -0.15) is 0 Å². The summed E-state index contributed by atoms with van der Waals surface area (Å²) in [5, 5.41) is 14.2. The minimum Gasteiger partial charge on any atom is -0.458 e. The van der Waals surface area contributed by atoms with Gasteiger partial charge in [0.2, 0.25) is 5.91 Å². The third-order valence-corrected chi connectivity index (χ3v) is 8.35. The van der Waals surface area contributed by atoms with Crippen molar-refractivity contribution in [3.8, 4) is 0 Å². The Bertz CT molecular complexity index is 1110.